The molecule has 0 aromatic heterocycles. The molecular formula is C29H49N3O4. The zero-order valence-corrected chi connectivity index (χ0v) is 24.8. The van der Waals surface area contributed by atoms with Crippen LogP contribution in [0.15, 0.2) is 18.2 Å². The third-order valence-electron chi connectivity index (χ3n) is 6.06. The summed E-state index contributed by atoms with van der Waals surface area (Å²) in [7, 11) is 0. The normalized spacial score (nSPS) is 14.9. The second kappa shape index (κ2) is 11.7. The van der Waals surface area contributed by atoms with E-state index in [2.05, 4.69) is 10.6 Å². The van der Waals surface area contributed by atoms with Gasteiger partial charge in [0, 0.05) is 11.1 Å². The minimum atomic E-state index is -0.886. The lowest BCUT2D eigenvalue weighted by Crippen LogP contribution is -2.61. The first kappa shape index (κ1) is 31.5. The topological polar surface area (TPSA) is 87.7 Å². The summed E-state index contributed by atoms with van der Waals surface area (Å²) in [6.07, 6.45) is 0.00409. The number of amides is 3. The molecule has 1 aromatic rings. The summed E-state index contributed by atoms with van der Waals surface area (Å²) in [5, 5.41) is 5.89. The first-order valence-corrected chi connectivity index (χ1v) is 12.9. The quantitative estimate of drug-likeness (QED) is 0.490. The zero-order valence-electron chi connectivity index (χ0n) is 24.8. The van der Waals surface area contributed by atoms with Gasteiger partial charge in [0.1, 0.15) is 17.7 Å². The Morgan fingerprint density at radius 2 is 1.53 bits per heavy atom. The Kier molecular flexibility index (Phi) is 10.2. The molecule has 0 saturated heterocycles. The van der Waals surface area contributed by atoms with Crippen LogP contribution in [0.1, 0.15) is 105 Å². The van der Waals surface area contributed by atoms with Crippen molar-refractivity contribution in [1.82, 2.24) is 15.5 Å². The van der Waals surface area contributed by atoms with Gasteiger partial charge in [-0.3, -0.25) is 9.59 Å². The molecule has 0 radical (unpaired) electrons. The van der Waals surface area contributed by atoms with Gasteiger partial charge in [0.25, 0.3) is 0 Å². The molecule has 0 aliphatic rings. The van der Waals surface area contributed by atoms with Gasteiger partial charge in [-0.1, -0.05) is 38.5 Å². The molecule has 3 amide bonds. The highest BCUT2D eigenvalue weighted by Gasteiger charge is 2.44. The van der Waals surface area contributed by atoms with Crippen LogP contribution >= 0.6 is 0 Å². The van der Waals surface area contributed by atoms with Crippen molar-refractivity contribution >= 4 is 17.9 Å². The number of carbonyl (C=O) groups is 3. The number of alkyl carbamates (subject to hydrolysis) is 1. The van der Waals surface area contributed by atoms with E-state index in [-0.39, 0.29) is 17.7 Å². The average Bonchev–Trinajstić information content (AvgIpc) is 2.68. The molecule has 0 spiro atoms. The van der Waals surface area contributed by atoms with Crippen molar-refractivity contribution in [3.05, 3.63) is 34.9 Å². The van der Waals surface area contributed by atoms with Crippen LogP contribution in [0.4, 0.5) is 4.79 Å². The maximum atomic E-state index is 14.3. The van der Waals surface area contributed by atoms with Crippen molar-refractivity contribution in [2.75, 3.05) is 0 Å². The van der Waals surface area contributed by atoms with Gasteiger partial charge >= 0.3 is 6.09 Å². The Morgan fingerprint density at radius 1 is 0.972 bits per heavy atom. The van der Waals surface area contributed by atoms with Gasteiger partial charge in [-0.25, -0.2) is 4.79 Å². The molecule has 1 aromatic carbocycles. The number of rotatable bonds is 7. The molecular weight excluding hydrogens is 454 g/mol. The third-order valence-corrected chi connectivity index (χ3v) is 6.06. The van der Waals surface area contributed by atoms with E-state index in [4.69, 9.17) is 4.74 Å². The molecule has 1 rings (SSSR count). The number of benzene rings is 1. The van der Waals surface area contributed by atoms with E-state index in [9.17, 15) is 14.4 Å². The Morgan fingerprint density at radius 3 is 1.97 bits per heavy atom. The minimum absolute atomic E-state index is 0.181. The predicted octanol–water partition coefficient (Wildman–Crippen LogP) is 5.83. The Balaban J connectivity index is 3.73. The van der Waals surface area contributed by atoms with Gasteiger partial charge < -0.3 is 20.3 Å². The van der Waals surface area contributed by atoms with Gasteiger partial charge in [0.2, 0.25) is 11.8 Å². The van der Waals surface area contributed by atoms with E-state index >= 15 is 0 Å². The highest BCUT2D eigenvalue weighted by Crippen LogP contribution is 2.34. The average molecular weight is 504 g/mol. The first-order valence-electron chi connectivity index (χ1n) is 12.9. The van der Waals surface area contributed by atoms with Crippen LogP contribution in [0, 0.1) is 19.8 Å². The molecule has 3 atom stereocenters. The van der Waals surface area contributed by atoms with Crippen LogP contribution in [-0.2, 0) is 14.3 Å². The van der Waals surface area contributed by atoms with Gasteiger partial charge in [0.15, 0.2) is 0 Å². The van der Waals surface area contributed by atoms with Crippen LogP contribution in [0.2, 0.25) is 0 Å². The summed E-state index contributed by atoms with van der Waals surface area (Å²) in [6.45, 7) is 24.7. The highest BCUT2D eigenvalue weighted by molar-refractivity contribution is 5.93. The van der Waals surface area contributed by atoms with E-state index in [0.717, 1.165) is 16.7 Å². The van der Waals surface area contributed by atoms with E-state index in [0.29, 0.717) is 6.42 Å². The fourth-order valence-corrected chi connectivity index (χ4v) is 4.02. The second-order valence-corrected chi connectivity index (χ2v) is 12.8. The molecule has 0 bridgehead atoms. The predicted molar refractivity (Wildman–Crippen MR) is 146 cm³/mol. The van der Waals surface area contributed by atoms with E-state index < -0.39 is 34.9 Å². The van der Waals surface area contributed by atoms with Gasteiger partial charge in [-0.15, -0.1) is 0 Å². The molecule has 0 heterocycles. The van der Waals surface area contributed by atoms with Gasteiger partial charge in [-0.2, -0.15) is 0 Å². The van der Waals surface area contributed by atoms with Crippen LogP contribution in [0.3, 0.4) is 0 Å². The number of carbonyl (C=O) groups excluding carboxylic acids is 3. The molecule has 7 nitrogen and oxygen atoms in total. The lowest BCUT2D eigenvalue weighted by atomic mass is 9.89. The summed E-state index contributed by atoms with van der Waals surface area (Å²) in [5.41, 5.74) is 0.825. The minimum Gasteiger partial charge on any atom is -0.444 e. The number of nitrogens with one attached hydrogen (secondary N) is 2. The number of nitrogens with zero attached hydrogens (tertiary/aromatic N) is 1. The van der Waals surface area contributed by atoms with Gasteiger partial charge in [-0.05, 0) is 98.8 Å². The maximum Gasteiger partial charge on any atom is 0.408 e. The molecule has 0 fully saturated rings. The molecule has 3 unspecified atom stereocenters. The monoisotopic (exact) mass is 503 g/mol. The van der Waals surface area contributed by atoms with Crippen LogP contribution in [0.25, 0.3) is 0 Å². The van der Waals surface area contributed by atoms with Crippen LogP contribution in [0.5, 0.6) is 0 Å². The molecule has 7 heteroatoms. The fraction of sp³-hybridized carbons (Fsp3) is 0.690. The van der Waals surface area contributed by atoms with Crippen molar-refractivity contribution in [3.63, 3.8) is 0 Å². The number of hydrogen-bond acceptors (Lipinski definition) is 4. The third kappa shape index (κ3) is 8.82. The maximum absolute atomic E-state index is 14.3. The van der Waals surface area contributed by atoms with Crippen molar-refractivity contribution < 1.29 is 19.1 Å². The van der Waals surface area contributed by atoms with Crippen molar-refractivity contribution in [1.29, 1.82) is 0 Å². The second-order valence-electron chi connectivity index (χ2n) is 12.8. The highest BCUT2D eigenvalue weighted by atomic mass is 16.6. The lowest BCUT2D eigenvalue weighted by Gasteiger charge is -2.45. The Labute approximate surface area is 218 Å². The van der Waals surface area contributed by atoms with Gasteiger partial charge in [0.05, 0.1) is 0 Å². The SMILES string of the molecule is CCC(C)C(NC(=O)OC(C)(C)C)C(=O)N(C(C(=O)NC(C)(C)C)c1cccc(C)c1C)C(C)(C)C. The fourth-order valence-electron chi connectivity index (χ4n) is 4.02. The van der Waals surface area contributed by atoms with Crippen molar-refractivity contribution in [2.24, 2.45) is 5.92 Å². The van der Waals surface area contributed by atoms with Crippen molar-refractivity contribution in [3.8, 4) is 0 Å². The van der Waals surface area contributed by atoms with Crippen molar-refractivity contribution in [2.45, 2.75) is 125 Å². The Hall–Kier alpha value is -2.57. The first-order chi connectivity index (χ1) is 16.2. The molecule has 0 aliphatic heterocycles. The molecule has 36 heavy (non-hydrogen) atoms. The Bertz CT molecular complexity index is 935. The van der Waals surface area contributed by atoms with Crippen LogP contribution in [-0.4, -0.2) is 45.5 Å². The number of aryl methyl sites for hydroxylation is 1. The smallest absolute Gasteiger partial charge is 0.408 e. The lowest BCUT2D eigenvalue weighted by molar-refractivity contribution is -0.150. The summed E-state index contributed by atoms with van der Waals surface area (Å²) in [4.78, 5) is 42.6. The zero-order chi connectivity index (χ0) is 28.2. The molecule has 0 aliphatic carbocycles. The summed E-state index contributed by atoms with van der Waals surface area (Å²) < 4.78 is 5.47. The summed E-state index contributed by atoms with van der Waals surface area (Å²) in [6, 6.07) is 4.06. The van der Waals surface area contributed by atoms with E-state index in [1.165, 1.54) is 0 Å². The van der Waals surface area contributed by atoms with E-state index in [1.54, 1.807) is 25.7 Å². The molecule has 0 saturated carbocycles. The van der Waals surface area contributed by atoms with Crippen LogP contribution < -0.4 is 10.6 Å². The molecule has 2 N–H and O–H groups in total. The van der Waals surface area contributed by atoms with E-state index in [1.807, 2.05) is 87.4 Å². The summed E-state index contributed by atoms with van der Waals surface area (Å²) in [5.74, 6) is -0.767. The number of ether oxygens (including phenoxy) is 1. The molecule has 204 valence electrons. The largest absolute Gasteiger partial charge is 0.444 e. The summed E-state index contributed by atoms with van der Waals surface area (Å²) >= 11 is 0. The number of hydrogen-bond donors (Lipinski definition) is 2. The standard InChI is InChI=1S/C29H49N3O4/c1-14-18(2)22(30-26(35)36-29(11,12)13)25(34)32(28(8,9)10)23(24(33)31-27(5,6)7)21-17-15-16-19(3)20(21)4/h15-18,22-23H,14H2,1-13H3,(H,30,35)(H,31,33).